The van der Waals surface area contributed by atoms with Gasteiger partial charge in [-0.05, 0) is 37.2 Å². The Morgan fingerprint density at radius 1 is 1.26 bits per heavy atom. The van der Waals surface area contributed by atoms with Crippen LogP contribution in [-0.4, -0.2) is 60.1 Å². The first-order valence-corrected chi connectivity index (χ1v) is 12.1. The molecule has 1 N–H and O–H groups in total. The maximum Gasteiger partial charge on any atom is 0.292 e. The molecule has 1 amide bonds. The maximum absolute atomic E-state index is 12.6. The Kier molecular flexibility index (Phi) is 5.08. The van der Waals surface area contributed by atoms with Gasteiger partial charge in [0, 0.05) is 43.9 Å². The normalized spacial score (nSPS) is 21.4. The molecule has 4 aromatic rings. The third-order valence-corrected chi connectivity index (χ3v) is 7.42. The number of hydrogen-bond donors (Lipinski definition) is 1. The van der Waals surface area contributed by atoms with Crippen LogP contribution in [0.3, 0.4) is 0 Å². The lowest BCUT2D eigenvalue weighted by atomic mass is 9.86. The molecule has 1 aliphatic carbocycles. The maximum atomic E-state index is 12.6. The zero-order chi connectivity index (χ0) is 24.2. The summed E-state index contributed by atoms with van der Waals surface area (Å²) in [5.41, 5.74) is 2.73. The minimum atomic E-state index is -0.273. The minimum Gasteiger partial charge on any atom is -0.355 e. The van der Waals surface area contributed by atoms with Crippen molar-refractivity contribution in [1.29, 1.82) is 0 Å². The fourth-order valence-electron chi connectivity index (χ4n) is 4.79. The van der Waals surface area contributed by atoms with Crippen LogP contribution in [0.2, 0.25) is 0 Å². The Labute approximate surface area is 202 Å². The van der Waals surface area contributed by atoms with Gasteiger partial charge in [-0.3, -0.25) is 9.48 Å². The van der Waals surface area contributed by atoms with Gasteiger partial charge in [-0.2, -0.15) is 15.2 Å². The molecule has 11 heteroatoms. The molecule has 11 nitrogen and oxygen atoms in total. The van der Waals surface area contributed by atoms with Crippen LogP contribution in [0.25, 0.3) is 16.8 Å². The lowest BCUT2D eigenvalue weighted by Gasteiger charge is -2.38. The first-order chi connectivity index (χ1) is 16.9. The zero-order valence-electron chi connectivity index (χ0n) is 20.2. The van der Waals surface area contributed by atoms with E-state index in [9.17, 15) is 4.79 Å². The Hall–Kier alpha value is -3.76. The molecule has 182 valence electrons. The van der Waals surface area contributed by atoms with Gasteiger partial charge in [-0.25, -0.2) is 9.50 Å². The molecule has 1 saturated carbocycles. The van der Waals surface area contributed by atoms with E-state index >= 15 is 0 Å². The van der Waals surface area contributed by atoms with Gasteiger partial charge in [0.2, 0.25) is 5.89 Å². The number of nitrogens with one attached hydrogen (secondary N) is 1. The molecule has 4 aromatic heterocycles. The van der Waals surface area contributed by atoms with Crippen LogP contribution in [-0.2, 0) is 12.5 Å². The summed E-state index contributed by atoms with van der Waals surface area (Å²) in [6, 6.07) is 1.99. The molecule has 0 bridgehead atoms. The van der Waals surface area contributed by atoms with Crippen LogP contribution in [0, 0.1) is 11.8 Å². The van der Waals surface area contributed by atoms with Crippen LogP contribution in [0.4, 0.5) is 5.82 Å². The third-order valence-electron chi connectivity index (χ3n) is 7.42. The van der Waals surface area contributed by atoms with Crippen molar-refractivity contribution in [3.05, 3.63) is 42.6 Å². The highest BCUT2D eigenvalue weighted by Gasteiger charge is 2.45. The number of amides is 1. The number of rotatable bonds is 6. The first-order valence-electron chi connectivity index (χ1n) is 12.1. The molecule has 35 heavy (non-hydrogen) atoms. The topological polar surface area (TPSA) is 119 Å². The number of aryl methyl sites for hydroxylation is 1. The minimum absolute atomic E-state index is 0.0455. The molecule has 2 fully saturated rings. The number of aromatic nitrogens is 7. The molecule has 6 rings (SSSR count). The summed E-state index contributed by atoms with van der Waals surface area (Å²) in [6.07, 6.45) is 10.5. The average Bonchev–Trinajstić information content (AvgIpc) is 3.29. The Morgan fingerprint density at radius 3 is 2.86 bits per heavy atom. The van der Waals surface area contributed by atoms with E-state index in [2.05, 4.69) is 44.4 Å². The molecule has 2 atom stereocenters. The van der Waals surface area contributed by atoms with Gasteiger partial charge in [-0.15, -0.1) is 0 Å². The summed E-state index contributed by atoms with van der Waals surface area (Å²) in [6.45, 7) is 6.58. The molecule has 0 spiro atoms. The van der Waals surface area contributed by atoms with Crippen LogP contribution < -0.4 is 10.2 Å². The van der Waals surface area contributed by atoms with E-state index in [-0.39, 0.29) is 17.1 Å². The van der Waals surface area contributed by atoms with Crippen molar-refractivity contribution in [2.75, 3.05) is 24.5 Å². The van der Waals surface area contributed by atoms with Crippen molar-refractivity contribution in [2.45, 2.75) is 38.5 Å². The average molecular weight is 476 g/mol. The second-order valence-corrected chi connectivity index (χ2v) is 10.2. The standard InChI is InChI=1S/C24H29N9O2/c1-15-12-32(21-19-4-8-26-33(19)14-18(28-21)17-11-27-31(3)13-17)9-5-16(15)10-25-22(34)20-29-23(35-30-20)24(2)6-7-24/h4,8,11,13-16H,5-7,9-10,12H2,1-3H3,(H,25,34)/t15-,16+/m0/s1. The van der Waals surface area contributed by atoms with Crippen molar-refractivity contribution >= 4 is 17.2 Å². The number of carbonyl (C=O) groups is 1. The number of carbonyl (C=O) groups excluding carboxylic acids is 1. The summed E-state index contributed by atoms with van der Waals surface area (Å²) in [5, 5.41) is 15.6. The summed E-state index contributed by atoms with van der Waals surface area (Å²) in [4.78, 5) is 24.2. The van der Waals surface area contributed by atoms with E-state index in [1.165, 1.54) is 0 Å². The van der Waals surface area contributed by atoms with Gasteiger partial charge in [0.1, 0.15) is 5.52 Å². The molecule has 0 unspecified atom stereocenters. The van der Waals surface area contributed by atoms with Crippen molar-refractivity contribution in [1.82, 2.24) is 39.8 Å². The molecule has 0 aromatic carbocycles. The highest BCUT2D eigenvalue weighted by molar-refractivity contribution is 5.90. The van der Waals surface area contributed by atoms with E-state index < -0.39 is 0 Å². The monoisotopic (exact) mass is 475 g/mol. The Morgan fingerprint density at radius 2 is 2.11 bits per heavy atom. The fraction of sp³-hybridized carbons (Fsp3) is 0.500. The molecule has 1 aliphatic heterocycles. The quantitative estimate of drug-likeness (QED) is 0.452. The lowest BCUT2D eigenvalue weighted by molar-refractivity contribution is 0.0926. The molecule has 5 heterocycles. The molecular weight excluding hydrogens is 446 g/mol. The van der Waals surface area contributed by atoms with E-state index in [4.69, 9.17) is 9.51 Å². The summed E-state index contributed by atoms with van der Waals surface area (Å²) in [7, 11) is 1.90. The zero-order valence-corrected chi connectivity index (χ0v) is 20.2. The number of anilines is 1. The van der Waals surface area contributed by atoms with Crippen LogP contribution in [0.1, 0.15) is 49.6 Å². The van der Waals surface area contributed by atoms with Gasteiger partial charge in [0.15, 0.2) is 5.82 Å². The smallest absolute Gasteiger partial charge is 0.292 e. The van der Waals surface area contributed by atoms with E-state index in [0.717, 1.165) is 54.9 Å². The SMILES string of the molecule is C[C@H]1CN(c2nc(-c3cnn(C)c3)cn3nccc23)CC[C@@H]1CNC(=O)c1noc(C2(C)CC2)n1. The van der Waals surface area contributed by atoms with Crippen molar-refractivity contribution < 1.29 is 9.32 Å². The Bertz CT molecular complexity index is 1380. The van der Waals surface area contributed by atoms with Gasteiger partial charge in [0.25, 0.3) is 11.7 Å². The third kappa shape index (κ3) is 4.04. The van der Waals surface area contributed by atoms with Crippen molar-refractivity contribution in [3.63, 3.8) is 0 Å². The van der Waals surface area contributed by atoms with Gasteiger partial charge in [-0.1, -0.05) is 19.0 Å². The van der Waals surface area contributed by atoms with Crippen molar-refractivity contribution in [2.24, 2.45) is 18.9 Å². The predicted octanol–water partition coefficient (Wildman–Crippen LogP) is 2.46. The second kappa shape index (κ2) is 8.17. The second-order valence-electron chi connectivity index (χ2n) is 10.2. The molecule has 2 aliphatic rings. The molecule has 0 radical (unpaired) electrons. The van der Waals surface area contributed by atoms with E-state index in [0.29, 0.717) is 24.3 Å². The highest BCUT2D eigenvalue weighted by Crippen LogP contribution is 2.46. The first kappa shape index (κ1) is 21.8. The van der Waals surface area contributed by atoms with E-state index in [1.807, 2.05) is 36.2 Å². The summed E-state index contributed by atoms with van der Waals surface area (Å²) < 4.78 is 8.96. The molecular formula is C24H29N9O2. The highest BCUT2D eigenvalue weighted by atomic mass is 16.5. The lowest BCUT2D eigenvalue weighted by Crippen LogP contribution is -2.44. The number of hydrogen-bond acceptors (Lipinski definition) is 8. The van der Waals surface area contributed by atoms with E-state index in [1.54, 1.807) is 10.9 Å². The van der Waals surface area contributed by atoms with Gasteiger partial charge in [0.05, 0.1) is 24.3 Å². The van der Waals surface area contributed by atoms with Crippen LogP contribution >= 0.6 is 0 Å². The Balaban J connectivity index is 1.13. The van der Waals surface area contributed by atoms with Crippen LogP contribution in [0.15, 0.2) is 35.4 Å². The van der Waals surface area contributed by atoms with Gasteiger partial charge < -0.3 is 14.7 Å². The summed E-state index contributed by atoms with van der Waals surface area (Å²) >= 11 is 0. The van der Waals surface area contributed by atoms with Gasteiger partial charge >= 0.3 is 0 Å². The number of piperidine rings is 1. The predicted molar refractivity (Wildman–Crippen MR) is 128 cm³/mol. The van der Waals surface area contributed by atoms with Crippen LogP contribution in [0.5, 0.6) is 0 Å². The number of nitrogens with zero attached hydrogens (tertiary/aromatic N) is 8. The molecule has 1 saturated heterocycles. The van der Waals surface area contributed by atoms with Crippen molar-refractivity contribution in [3.8, 4) is 11.3 Å². The number of fused-ring (bicyclic) bond motifs is 1. The fourth-order valence-corrected chi connectivity index (χ4v) is 4.79. The summed E-state index contributed by atoms with van der Waals surface area (Å²) in [5.74, 6) is 2.05. The largest absolute Gasteiger partial charge is 0.355 e.